The van der Waals surface area contributed by atoms with E-state index in [1.807, 2.05) is 30.6 Å². The van der Waals surface area contributed by atoms with Gasteiger partial charge in [0.15, 0.2) is 0 Å². The lowest BCUT2D eigenvalue weighted by Gasteiger charge is -2.09. The van der Waals surface area contributed by atoms with Gasteiger partial charge in [0.1, 0.15) is 0 Å². The van der Waals surface area contributed by atoms with Crippen LogP contribution in [0.1, 0.15) is 5.56 Å². The molecule has 2 N–H and O–H groups in total. The summed E-state index contributed by atoms with van der Waals surface area (Å²) in [4.78, 5) is 2.99. The minimum Gasteiger partial charge on any atom is -0.380 e. The third kappa shape index (κ3) is 2.54. The second-order valence-corrected chi connectivity index (χ2v) is 4.91. The van der Waals surface area contributed by atoms with Crippen molar-refractivity contribution >= 4 is 44.8 Å². The van der Waals surface area contributed by atoms with Crippen LogP contribution in [-0.2, 0) is 6.54 Å². The number of anilines is 1. The predicted octanol–water partition coefficient (Wildman–Crippen LogP) is 4.70. The van der Waals surface area contributed by atoms with Crippen molar-refractivity contribution in [3.63, 3.8) is 0 Å². The van der Waals surface area contributed by atoms with Gasteiger partial charge in [-0.25, -0.2) is 0 Å². The lowest BCUT2D eigenvalue weighted by molar-refractivity contribution is 1.15. The summed E-state index contributed by atoms with van der Waals surface area (Å²) in [5.41, 5.74) is 1.99. The molecule has 1 aromatic heterocycles. The maximum Gasteiger partial charge on any atom is 0.0835 e. The molecule has 2 aromatic rings. The Kier molecular flexibility index (Phi) is 3.79. The van der Waals surface area contributed by atoms with Gasteiger partial charge in [-0.3, -0.25) is 0 Å². The third-order valence-electron chi connectivity index (χ3n) is 2.18. The van der Waals surface area contributed by atoms with Gasteiger partial charge < -0.3 is 10.3 Å². The SMILES string of the molecule is Clc1c(Br)ccc(NCc2cc[nH]c2)c1Cl. The van der Waals surface area contributed by atoms with Gasteiger partial charge in [0.05, 0.1) is 15.7 Å². The number of benzene rings is 1. The lowest BCUT2D eigenvalue weighted by Crippen LogP contribution is -1.98. The Morgan fingerprint density at radius 3 is 2.69 bits per heavy atom. The Bertz CT molecular complexity index is 483. The Balaban J connectivity index is 2.13. The van der Waals surface area contributed by atoms with E-state index in [4.69, 9.17) is 23.2 Å². The van der Waals surface area contributed by atoms with Gasteiger partial charge in [-0.1, -0.05) is 23.2 Å². The average Bonchev–Trinajstić information content (AvgIpc) is 2.78. The molecule has 5 heteroatoms. The highest BCUT2D eigenvalue weighted by molar-refractivity contribution is 9.10. The van der Waals surface area contributed by atoms with Crippen LogP contribution in [0.4, 0.5) is 5.69 Å². The van der Waals surface area contributed by atoms with Gasteiger partial charge in [-0.15, -0.1) is 0 Å². The van der Waals surface area contributed by atoms with Gasteiger partial charge >= 0.3 is 0 Å². The molecule has 0 unspecified atom stereocenters. The minimum absolute atomic E-state index is 0.528. The van der Waals surface area contributed by atoms with Crippen LogP contribution >= 0.6 is 39.1 Å². The highest BCUT2D eigenvalue weighted by atomic mass is 79.9. The quantitative estimate of drug-likeness (QED) is 0.789. The number of hydrogen-bond donors (Lipinski definition) is 2. The summed E-state index contributed by atoms with van der Waals surface area (Å²) in [5.74, 6) is 0. The van der Waals surface area contributed by atoms with Crippen LogP contribution in [0.25, 0.3) is 0 Å². The molecule has 0 radical (unpaired) electrons. The van der Waals surface area contributed by atoms with Crippen LogP contribution in [0.2, 0.25) is 10.0 Å². The molecular formula is C11H9BrCl2N2. The topological polar surface area (TPSA) is 27.8 Å². The van der Waals surface area contributed by atoms with E-state index in [9.17, 15) is 0 Å². The molecule has 0 saturated carbocycles. The fourth-order valence-corrected chi connectivity index (χ4v) is 2.17. The molecular weight excluding hydrogens is 311 g/mol. The van der Waals surface area contributed by atoms with Crippen LogP contribution < -0.4 is 5.32 Å². The van der Waals surface area contributed by atoms with Crippen molar-refractivity contribution in [1.82, 2.24) is 4.98 Å². The van der Waals surface area contributed by atoms with E-state index in [2.05, 4.69) is 26.2 Å². The summed E-state index contributed by atoms with van der Waals surface area (Å²) in [5, 5.41) is 4.29. The Morgan fingerprint density at radius 2 is 2.00 bits per heavy atom. The maximum absolute atomic E-state index is 6.11. The van der Waals surface area contributed by atoms with E-state index in [0.717, 1.165) is 15.7 Å². The highest BCUT2D eigenvalue weighted by Gasteiger charge is 2.07. The van der Waals surface area contributed by atoms with E-state index in [-0.39, 0.29) is 0 Å². The molecule has 84 valence electrons. The standard InChI is InChI=1S/C11H9BrCl2N2/c12-8-1-2-9(11(14)10(8)13)16-6-7-3-4-15-5-7/h1-5,15-16H,6H2. The molecule has 0 spiro atoms. The molecule has 2 rings (SSSR count). The zero-order valence-corrected chi connectivity index (χ0v) is 11.3. The number of rotatable bonds is 3. The summed E-state index contributed by atoms with van der Waals surface area (Å²) in [6, 6.07) is 5.76. The largest absolute Gasteiger partial charge is 0.380 e. The zero-order chi connectivity index (χ0) is 11.5. The van der Waals surface area contributed by atoms with Crippen LogP contribution in [-0.4, -0.2) is 4.98 Å². The lowest BCUT2D eigenvalue weighted by atomic mass is 10.3. The van der Waals surface area contributed by atoms with Crippen molar-refractivity contribution in [2.75, 3.05) is 5.32 Å². The number of aromatic nitrogens is 1. The third-order valence-corrected chi connectivity index (χ3v) is 3.95. The Hall–Kier alpha value is -0.640. The van der Waals surface area contributed by atoms with Crippen LogP contribution in [0.3, 0.4) is 0 Å². The van der Waals surface area contributed by atoms with Crippen LogP contribution in [0.15, 0.2) is 35.1 Å². The van der Waals surface area contributed by atoms with Gasteiger partial charge in [0.25, 0.3) is 0 Å². The molecule has 1 heterocycles. The first-order valence-corrected chi connectivity index (χ1v) is 6.22. The van der Waals surface area contributed by atoms with E-state index in [1.54, 1.807) is 0 Å². The molecule has 1 aromatic carbocycles. The fraction of sp³-hybridized carbons (Fsp3) is 0.0909. The number of aromatic amines is 1. The van der Waals surface area contributed by atoms with Gasteiger partial charge in [0, 0.05) is 23.4 Å². The van der Waals surface area contributed by atoms with Crippen molar-refractivity contribution in [2.45, 2.75) is 6.54 Å². The van der Waals surface area contributed by atoms with E-state index in [1.165, 1.54) is 0 Å². The molecule has 0 bridgehead atoms. The molecule has 0 aliphatic carbocycles. The maximum atomic E-state index is 6.11. The van der Waals surface area contributed by atoms with Gasteiger partial charge in [-0.2, -0.15) is 0 Å². The fourth-order valence-electron chi connectivity index (χ4n) is 1.33. The molecule has 0 fully saturated rings. The van der Waals surface area contributed by atoms with E-state index >= 15 is 0 Å². The first-order chi connectivity index (χ1) is 7.68. The summed E-state index contributed by atoms with van der Waals surface area (Å²) >= 11 is 15.4. The second kappa shape index (κ2) is 5.13. The van der Waals surface area contributed by atoms with Crippen molar-refractivity contribution in [3.05, 3.63) is 50.7 Å². The number of hydrogen-bond acceptors (Lipinski definition) is 1. The number of H-pyrrole nitrogens is 1. The van der Waals surface area contributed by atoms with Crippen molar-refractivity contribution in [3.8, 4) is 0 Å². The molecule has 16 heavy (non-hydrogen) atoms. The average molecular weight is 320 g/mol. The smallest absolute Gasteiger partial charge is 0.0835 e. The number of halogens is 3. The molecule has 0 atom stereocenters. The number of nitrogens with one attached hydrogen (secondary N) is 2. The Labute approximate surface area is 112 Å². The van der Waals surface area contributed by atoms with Crippen molar-refractivity contribution < 1.29 is 0 Å². The van der Waals surface area contributed by atoms with Crippen molar-refractivity contribution in [2.24, 2.45) is 0 Å². The normalized spacial score (nSPS) is 10.4. The zero-order valence-electron chi connectivity index (χ0n) is 8.23. The van der Waals surface area contributed by atoms with Crippen molar-refractivity contribution in [1.29, 1.82) is 0 Å². The molecule has 2 nitrogen and oxygen atoms in total. The summed E-state index contributed by atoms with van der Waals surface area (Å²) in [6.45, 7) is 0.710. The van der Waals surface area contributed by atoms with E-state index < -0.39 is 0 Å². The first-order valence-electron chi connectivity index (χ1n) is 4.67. The molecule has 0 saturated heterocycles. The summed E-state index contributed by atoms with van der Waals surface area (Å²) < 4.78 is 0.798. The van der Waals surface area contributed by atoms with Gasteiger partial charge in [0.2, 0.25) is 0 Å². The molecule has 0 aliphatic rings. The van der Waals surface area contributed by atoms with Crippen LogP contribution in [0.5, 0.6) is 0 Å². The molecule has 0 aliphatic heterocycles. The first kappa shape index (κ1) is 11.8. The minimum atomic E-state index is 0.528. The van der Waals surface area contributed by atoms with Crippen LogP contribution in [0, 0.1) is 0 Å². The Morgan fingerprint density at radius 1 is 1.19 bits per heavy atom. The molecule has 0 amide bonds. The van der Waals surface area contributed by atoms with Gasteiger partial charge in [-0.05, 0) is 39.7 Å². The monoisotopic (exact) mass is 318 g/mol. The summed E-state index contributed by atoms with van der Waals surface area (Å²) in [7, 11) is 0. The summed E-state index contributed by atoms with van der Waals surface area (Å²) in [6.07, 6.45) is 3.81. The second-order valence-electron chi connectivity index (χ2n) is 3.30. The van der Waals surface area contributed by atoms with E-state index in [0.29, 0.717) is 16.6 Å². The highest BCUT2D eigenvalue weighted by Crippen LogP contribution is 2.35. The predicted molar refractivity (Wildman–Crippen MR) is 72.3 cm³/mol.